The molecule has 0 heterocycles. The van der Waals surface area contributed by atoms with Crippen LogP contribution in [0.4, 0.5) is 0 Å². The van der Waals surface area contributed by atoms with E-state index in [9.17, 15) is 9.59 Å². The minimum atomic E-state index is -1.26. The largest absolute Gasteiger partial charge is 0.480 e. The molecule has 0 aromatic heterocycles. The minimum Gasteiger partial charge on any atom is -0.480 e. The summed E-state index contributed by atoms with van der Waals surface area (Å²) in [5.74, 6) is -1.45. The molecule has 0 aliphatic heterocycles. The van der Waals surface area contributed by atoms with Gasteiger partial charge in [0.05, 0.1) is 0 Å². The number of benzene rings is 1. The molecule has 0 bridgehead atoms. The maximum atomic E-state index is 11.7. The van der Waals surface area contributed by atoms with Gasteiger partial charge in [0.15, 0.2) is 0 Å². The number of hydrogen-bond donors (Lipinski definition) is 2. The first-order valence-corrected chi connectivity index (χ1v) is 5.72. The van der Waals surface area contributed by atoms with Crippen LogP contribution in [-0.2, 0) is 4.79 Å². The number of carbonyl (C=O) groups excluding carboxylic acids is 1. The second-order valence-corrected chi connectivity index (χ2v) is 5.14. The van der Waals surface area contributed by atoms with Crippen LogP contribution in [0.25, 0.3) is 0 Å². The van der Waals surface area contributed by atoms with Crippen molar-refractivity contribution < 1.29 is 14.7 Å². The van der Waals surface area contributed by atoms with Gasteiger partial charge < -0.3 is 10.4 Å². The van der Waals surface area contributed by atoms with E-state index in [4.69, 9.17) is 5.11 Å². The topological polar surface area (TPSA) is 66.4 Å². The highest BCUT2D eigenvalue weighted by Gasteiger charge is 2.29. The first-order valence-electron chi connectivity index (χ1n) is 4.64. The highest BCUT2D eigenvalue weighted by Crippen LogP contribution is 2.09. The molecule has 5 heteroatoms. The zero-order valence-corrected chi connectivity index (χ0v) is 11.1. The van der Waals surface area contributed by atoms with Crippen LogP contribution < -0.4 is 5.32 Å². The van der Waals surface area contributed by atoms with Gasteiger partial charge in [-0.3, -0.25) is 4.79 Å². The van der Waals surface area contributed by atoms with E-state index in [1.807, 2.05) is 0 Å². The number of hydrogen-bond acceptors (Lipinski definition) is 2. The van der Waals surface area contributed by atoms with Crippen molar-refractivity contribution in [2.75, 3.05) is 0 Å². The lowest BCUT2D eigenvalue weighted by molar-refractivity contribution is -0.143. The monoisotopic (exact) mass is 333 g/mol. The van der Waals surface area contributed by atoms with Crippen LogP contribution in [0.2, 0.25) is 0 Å². The van der Waals surface area contributed by atoms with Gasteiger partial charge in [-0.25, -0.2) is 4.79 Å². The number of nitrogens with one attached hydrogen (secondary N) is 1. The lowest BCUT2D eigenvalue weighted by Gasteiger charge is -2.20. The van der Waals surface area contributed by atoms with Crippen molar-refractivity contribution in [1.29, 1.82) is 0 Å². The molecule has 86 valence electrons. The molecule has 4 nitrogen and oxygen atoms in total. The lowest BCUT2D eigenvalue weighted by atomic mass is 10.1. The standard InChI is InChI=1S/C11H12INO3/c1-11(2,10(15)16)13-9(14)7-3-5-8(12)6-4-7/h3-6H,1-2H3,(H,13,14)(H,15,16). The van der Waals surface area contributed by atoms with Gasteiger partial charge >= 0.3 is 5.97 Å². The van der Waals surface area contributed by atoms with E-state index < -0.39 is 11.5 Å². The lowest BCUT2D eigenvalue weighted by Crippen LogP contribution is -2.49. The summed E-state index contributed by atoms with van der Waals surface area (Å²) in [6.07, 6.45) is 0. The fourth-order valence-electron chi connectivity index (χ4n) is 1.01. The fourth-order valence-corrected chi connectivity index (χ4v) is 1.37. The Kier molecular flexibility index (Phi) is 3.90. The Morgan fingerprint density at radius 3 is 2.19 bits per heavy atom. The highest BCUT2D eigenvalue weighted by molar-refractivity contribution is 14.1. The Labute approximate surface area is 107 Å². The number of halogens is 1. The van der Waals surface area contributed by atoms with E-state index in [2.05, 4.69) is 27.9 Å². The van der Waals surface area contributed by atoms with Crippen LogP contribution in [0.3, 0.4) is 0 Å². The van der Waals surface area contributed by atoms with Crippen molar-refractivity contribution in [1.82, 2.24) is 5.32 Å². The van der Waals surface area contributed by atoms with Crippen LogP contribution in [0.15, 0.2) is 24.3 Å². The van der Waals surface area contributed by atoms with Crippen LogP contribution in [0.5, 0.6) is 0 Å². The molecule has 1 amide bonds. The molecule has 16 heavy (non-hydrogen) atoms. The molecule has 0 aliphatic carbocycles. The van der Waals surface area contributed by atoms with E-state index in [1.165, 1.54) is 13.8 Å². The molecule has 1 aromatic rings. The second kappa shape index (κ2) is 4.82. The predicted octanol–water partition coefficient (Wildman–Crippen LogP) is 1.88. The smallest absolute Gasteiger partial charge is 0.328 e. The first kappa shape index (κ1) is 13.0. The Bertz CT molecular complexity index is 412. The Hall–Kier alpha value is -1.11. The molecule has 0 saturated heterocycles. The van der Waals surface area contributed by atoms with Crippen LogP contribution >= 0.6 is 22.6 Å². The molecule has 0 unspecified atom stereocenters. The van der Waals surface area contributed by atoms with Crippen molar-refractivity contribution in [3.05, 3.63) is 33.4 Å². The SMILES string of the molecule is CC(C)(NC(=O)c1ccc(I)cc1)C(=O)O. The number of amides is 1. The molecule has 1 aromatic carbocycles. The number of carboxylic acids is 1. The molecule has 0 radical (unpaired) electrons. The number of aliphatic carboxylic acids is 1. The van der Waals surface area contributed by atoms with Gasteiger partial charge in [-0.05, 0) is 60.7 Å². The second-order valence-electron chi connectivity index (χ2n) is 3.89. The average molecular weight is 333 g/mol. The van der Waals surface area contributed by atoms with Gasteiger partial charge in [0, 0.05) is 9.13 Å². The van der Waals surface area contributed by atoms with Crippen LogP contribution in [0, 0.1) is 3.57 Å². The van der Waals surface area contributed by atoms with Gasteiger partial charge in [-0.1, -0.05) is 0 Å². The van der Waals surface area contributed by atoms with Crippen molar-refractivity contribution >= 4 is 34.5 Å². The molecular weight excluding hydrogens is 321 g/mol. The third-order valence-electron chi connectivity index (χ3n) is 2.07. The summed E-state index contributed by atoms with van der Waals surface area (Å²) in [6, 6.07) is 6.91. The maximum Gasteiger partial charge on any atom is 0.328 e. The van der Waals surface area contributed by atoms with Gasteiger partial charge in [-0.2, -0.15) is 0 Å². The summed E-state index contributed by atoms with van der Waals surface area (Å²) < 4.78 is 1.02. The molecule has 2 N–H and O–H groups in total. The normalized spacial score (nSPS) is 10.9. The molecule has 0 atom stereocenters. The van der Waals surface area contributed by atoms with Gasteiger partial charge in [0.2, 0.25) is 0 Å². The minimum absolute atomic E-state index is 0.385. The quantitative estimate of drug-likeness (QED) is 0.830. The van der Waals surface area contributed by atoms with E-state index in [0.29, 0.717) is 5.56 Å². The Balaban J connectivity index is 2.81. The summed E-state index contributed by atoms with van der Waals surface area (Å²) >= 11 is 2.13. The van der Waals surface area contributed by atoms with Gasteiger partial charge in [-0.15, -0.1) is 0 Å². The van der Waals surface area contributed by atoms with Crippen molar-refractivity contribution in [2.24, 2.45) is 0 Å². The Morgan fingerprint density at radius 2 is 1.75 bits per heavy atom. The number of carboxylic acid groups (broad SMARTS) is 1. The van der Waals surface area contributed by atoms with E-state index in [0.717, 1.165) is 3.57 Å². The van der Waals surface area contributed by atoms with Gasteiger partial charge in [0.1, 0.15) is 5.54 Å². The summed E-state index contributed by atoms with van der Waals surface area (Å²) in [5, 5.41) is 11.3. The molecular formula is C11H12INO3. The fraction of sp³-hybridized carbons (Fsp3) is 0.273. The summed E-state index contributed by atoms with van der Waals surface area (Å²) in [4.78, 5) is 22.5. The zero-order chi connectivity index (χ0) is 12.3. The van der Waals surface area contributed by atoms with E-state index in [1.54, 1.807) is 24.3 Å². The molecule has 0 saturated carbocycles. The number of carbonyl (C=O) groups is 2. The highest BCUT2D eigenvalue weighted by atomic mass is 127. The zero-order valence-electron chi connectivity index (χ0n) is 8.95. The third kappa shape index (κ3) is 3.19. The average Bonchev–Trinajstić information content (AvgIpc) is 2.17. The molecule has 0 spiro atoms. The summed E-state index contributed by atoms with van der Waals surface area (Å²) in [5.41, 5.74) is -0.810. The maximum absolute atomic E-state index is 11.7. The van der Waals surface area contributed by atoms with Crippen molar-refractivity contribution in [3.63, 3.8) is 0 Å². The van der Waals surface area contributed by atoms with Crippen LogP contribution in [0.1, 0.15) is 24.2 Å². The molecule has 0 aliphatic rings. The predicted molar refractivity (Wildman–Crippen MR) is 68.3 cm³/mol. The third-order valence-corrected chi connectivity index (χ3v) is 2.79. The first-order chi connectivity index (χ1) is 7.33. The van der Waals surface area contributed by atoms with Crippen molar-refractivity contribution in [2.45, 2.75) is 19.4 Å². The van der Waals surface area contributed by atoms with E-state index >= 15 is 0 Å². The van der Waals surface area contributed by atoms with E-state index in [-0.39, 0.29) is 5.91 Å². The summed E-state index contributed by atoms with van der Waals surface area (Å²) in [6.45, 7) is 2.89. The van der Waals surface area contributed by atoms with Gasteiger partial charge in [0.25, 0.3) is 5.91 Å². The molecule has 0 fully saturated rings. The molecule has 1 rings (SSSR count). The summed E-state index contributed by atoms with van der Waals surface area (Å²) in [7, 11) is 0. The number of rotatable bonds is 3. The van der Waals surface area contributed by atoms with Crippen molar-refractivity contribution in [3.8, 4) is 0 Å². The van der Waals surface area contributed by atoms with Crippen LogP contribution in [-0.4, -0.2) is 22.5 Å². The Morgan fingerprint density at radius 1 is 1.25 bits per heavy atom.